The van der Waals surface area contributed by atoms with Crippen LogP contribution in [-0.4, -0.2) is 123 Å². The maximum Gasteiger partial charge on any atom is 0.298 e. The van der Waals surface area contributed by atoms with Gasteiger partial charge in [-0.15, -0.1) is 6.42 Å². The van der Waals surface area contributed by atoms with Crippen LogP contribution in [0.15, 0.2) is 24.4 Å². The van der Waals surface area contributed by atoms with Gasteiger partial charge >= 0.3 is 0 Å². The Balaban J connectivity index is 0.000000166. The third-order valence-electron chi connectivity index (χ3n) is 15.8. The Morgan fingerprint density at radius 1 is 0.710 bits per heavy atom. The molecule has 2 unspecified atom stereocenters. The first-order valence-corrected chi connectivity index (χ1v) is 26.1. The van der Waals surface area contributed by atoms with Crippen molar-refractivity contribution < 1.29 is 19.5 Å². The van der Waals surface area contributed by atoms with Gasteiger partial charge in [0, 0.05) is 108 Å². The van der Waals surface area contributed by atoms with E-state index in [1.165, 1.54) is 25.7 Å². The normalized spacial score (nSPS) is 23.0. The van der Waals surface area contributed by atoms with E-state index in [9.17, 15) is 30.0 Å². The number of hydrogen-bond acceptors (Lipinski definition) is 11. The van der Waals surface area contributed by atoms with Gasteiger partial charge in [0.15, 0.2) is 0 Å². The number of piperazine rings is 2. The number of carbonyl (C=O) groups excluding carboxylic acids is 3. The van der Waals surface area contributed by atoms with E-state index >= 15 is 0 Å². The number of amides is 3. The van der Waals surface area contributed by atoms with Gasteiger partial charge in [0.2, 0.25) is 11.8 Å². The highest BCUT2D eigenvalue weighted by molar-refractivity contribution is 5.93. The van der Waals surface area contributed by atoms with Crippen LogP contribution in [0.1, 0.15) is 148 Å². The monoisotopic (exact) mass is 935 g/mol. The van der Waals surface area contributed by atoms with Crippen LogP contribution in [0.3, 0.4) is 0 Å². The highest BCUT2D eigenvalue weighted by Gasteiger charge is 2.46. The molecule has 0 radical (unpaired) electrons. The van der Waals surface area contributed by atoms with Crippen LogP contribution in [0.25, 0.3) is 0 Å². The van der Waals surface area contributed by atoms with Gasteiger partial charge in [-0.3, -0.25) is 14.4 Å². The summed E-state index contributed by atoms with van der Waals surface area (Å²) in [5.41, 5.74) is 8.82. The first-order chi connectivity index (χ1) is 33.6. The number of terminal acetylenes is 1. The van der Waals surface area contributed by atoms with Gasteiger partial charge in [0.25, 0.3) is 5.91 Å². The summed E-state index contributed by atoms with van der Waals surface area (Å²) in [5, 5.41) is 29.8. The smallest absolute Gasteiger partial charge is 0.298 e. The number of aliphatic hydroxyl groups is 1. The summed E-state index contributed by atoms with van der Waals surface area (Å²) in [4.78, 5) is 60.6. The van der Waals surface area contributed by atoms with E-state index in [1.807, 2.05) is 25.7 Å². The van der Waals surface area contributed by atoms with Crippen LogP contribution >= 0.6 is 0 Å². The number of nitrogens with zero attached hydrogens (tertiary/aromatic N) is 10. The summed E-state index contributed by atoms with van der Waals surface area (Å²) < 4.78 is 0. The molecule has 0 bridgehead atoms. The lowest BCUT2D eigenvalue weighted by molar-refractivity contribution is -0.136. The lowest BCUT2D eigenvalue weighted by Crippen LogP contribution is -2.57. The van der Waals surface area contributed by atoms with Crippen molar-refractivity contribution in [1.82, 2.24) is 29.6 Å². The zero-order chi connectivity index (χ0) is 48.5. The number of anilines is 2. The second-order valence-corrected chi connectivity index (χ2v) is 20.4. The highest BCUT2D eigenvalue weighted by atomic mass is 16.3. The maximum absolute atomic E-state index is 12.9. The zero-order valence-corrected chi connectivity index (χ0v) is 41.1. The average molecular weight is 935 g/mol. The SMILES string of the molecule is C#CC(=O)N1CCc2c(C#N)c(N3CCN(C(=C)CCO)C(C4CC4)C3)nc(C3CC3)c2C1.C/C=C/C(=O)N1CCc2c(C#N)c(N3CCN(C(=O)C4CC4)C(C4CC4)C3)nc(C3CC3)c2C1.CC. The predicted molar refractivity (Wildman–Crippen MR) is 265 cm³/mol. The fourth-order valence-corrected chi connectivity index (χ4v) is 11.4. The molecule has 1 N–H and O–H groups in total. The molecule has 9 aliphatic rings. The Kier molecular flexibility index (Phi) is 14.4. The summed E-state index contributed by atoms with van der Waals surface area (Å²) in [5.74, 6) is 6.27. The highest BCUT2D eigenvalue weighted by Crippen LogP contribution is 2.48. The first-order valence-electron chi connectivity index (χ1n) is 26.1. The molecule has 5 saturated carbocycles. The molecule has 5 aliphatic carbocycles. The molecule has 11 rings (SSSR count). The summed E-state index contributed by atoms with van der Waals surface area (Å²) in [6.45, 7) is 17.0. The molecule has 7 fully saturated rings. The Labute approximate surface area is 409 Å². The molecule has 6 heterocycles. The van der Waals surface area contributed by atoms with Crippen LogP contribution in [0, 0.1) is 52.8 Å². The van der Waals surface area contributed by atoms with Gasteiger partial charge in [-0.05, 0) is 130 Å². The fourth-order valence-electron chi connectivity index (χ4n) is 11.4. The zero-order valence-electron chi connectivity index (χ0n) is 41.1. The topological polar surface area (TPSA) is 164 Å². The Hall–Kier alpha value is -5.91. The number of aliphatic hydroxyl groups excluding tert-OH is 1. The number of allylic oxidation sites excluding steroid dienone is 1. The van der Waals surface area contributed by atoms with E-state index in [1.54, 1.807) is 17.1 Å². The van der Waals surface area contributed by atoms with E-state index in [-0.39, 0.29) is 30.4 Å². The van der Waals surface area contributed by atoms with Gasteiger partial charge in [0.05, 0.1) is 28.6 Å². The second-order valence-electron chi connectivity index (χ2n) is 20.4. The van der Waals surface area contributed by atoms with E-state index in [2.05, 4.69) is 44.2 Å². The molecule has 69 heavy (non-hydrogen) atoms. The Morgan fingerprint density at radius 2 is 1.20 bits per heavy atom. The van der Waals surface area contributed by atoms with Crippen molar-refractivity contribution in [1.29, 1.82) is 10.5 Å². The van der Waals surface area contributed by atoms with Gasteiger partial charge in [-0.25, -0.2) is 9.97 Å². The molecular formula is C55H70N10O4. The number of aromatic nitrogens is 2. The third-order valence-corrected chi connectivity index (χ3v) is 15.8. The standard InChI is InChI=1S/C27H33N5O2.C26H31N5O2.C2H6/c1-2-3-24(33)30-11-10-20-21(14-28)26(29-25(18-6-7-18)22(20)15-30)31-12-13-32(27(34)19-8-9-19)23(16-31)17-4-5-17;1-3-24(33)29-10-8-20-21(14-27)26(28-25(19-6-7-19)22(20)15-29)30-11-12-31(17(2)9-13-32)23(16-30)18-4-5-18;1-2/h2-3,17-19,23H,4-13,15-16H2,1H3;1,18-19,23,32H,2,4-13,15-16H2;1-2H3/b3-2+;;. The molecule has 3 amide bonds. The van der Waals surface area contributed by atoms with Crippen LogP contribution < -0.4 is 9.80 Å². The van der Waals surface area contributed by atoms with E-state index < -0.39 is 0 Å². The van der Waals surface area contributed by atoms with Gasteiger partial charge in [-0.2, -0.15) is 10.5 Å². The molecule has 4 aliphatic heterocycles. The molecule has 2 aromatic heterocycles. The molecule has 2 saturated heterocycles. The fraction of sp³-hybridized carbons (Fsp3) is 0.618. The van der Waals surface area contributed by atoms with Crippen molar-refractivity contribution in [2.24, 2.45) is 17.8 Å². The third kappa shape index (κ3) is 10.1. The van der Waals surface area contributed by atoms with Crippen LogP contribution in [0.5, 0.6) is 0 Å². The lowest BCUT2D eigenvalue weighted by atomic mass is 9.92. The maximum atomic E-state index is 12.9. The van der Waals surface area contributed by atoms with Gasteiger partial charge in [-0.1, -0.05) is 26.5 Å². The largest absolute Gasteiger partial charge is 0.396 e. The van der Waals surface area contributed by atoms with Crippen molar-refractivity contribution in [3.05, 3.63) is 69.2 Å². The number of fused-ring (bicyclic) bond motifs is 2. The molecule has 0 spiro atoms. The Morgan fingerprint density at radius 3 is 1.65 bits per heavy atom. The number of carbonyl (C=O) groups is 3. The first kappa shape index (κ1) is 48.1. The van der Waals surface area contributed by atoms with E-state index in [4.69, 9.17) is 16.4 Å². The Bertz CT molecular complexity index is 2500. The molecule has 14 heteroatoms. The quantitative estimate of drug-likeness (QED) is 0.199. The minimum absolute atomic E-state index is 0.0289. The summed E-state index contributed by atoms with van der Waals surface area (Å²) in [6.07, 6.45) is 22.1. The summed E-state index contributed by atoms with van der Waals surface area (Å²) in [6, 6.07) is 5.55. The van der Waals surface area contributed by atoms with Crippen molar-refractivity contribution in [2.75, 3.05) is 68.8 Å². The number of pyridine rings is 2. The molecule has 2 atom stereocenters. The molecule has 2 aromatic rings. The minimum atomic E-state index is -0.295. The number of nitriles is 2. The van der Waals surface area contributed by atoms with E-state index in [0.717, 1.165) is 129 Å². The van der Waals surface area contributed by atoms with Crippen molar-refractivity contribution >= 4 is 29.4 Å². The second kappa shape index (κ2) is 20.6. The molecular weight excluding hydrogens is 865 g/mol. The van der Waals surface area contributed by atoms with Gasteiger partial charge in [0.1, 0.15) is 23.8 Å². The molecule has 364 valence electrons. The molecule has 14 nitrogen and oxygen atoms in total. The van der Waals surface area contributed by atoms with Crippen LogP contribution in [0.2, 0.25) is 0 Å². The summed E-state index contributed by atoms with van der Waals surface area (Å²) >= 11 is 0. The van der Waals surface area contributed by atoms with E-state index in [0.29, 0.717) is 92.2 Å². The van der Waals surface area contributed by atoms with Crippen LogP contribution in [0.4, 0.5) is 11.6 Å². The van der Waals surface area contributed by atoms with Crippen molar-refractivity contribution in [3.8, 4) is 24.5 Å². The lowest BCUT2D eigenvalue weighted by Gasteiger charge is -2.45. The number of rotatable bonds is 11. The van der Waals surface area contributed by atoms with Crippen molar-refractivity contribution in [3.63, 3.8) is 0 Å². The summed E-state index contributed by atoms with van der Waals surface area (Å²) in [7, 11) is 0. The predicted octanol–water partition coefficient (Wildman–Crippen LogP) is 6.30. The van der Waals surface area contributed by atoms with Gasteiger partial charge < -0.3 is 34.5 Å². The molecule has 0 aromatic carbocycles. The minimum Gasteiger partial charge on any atom is -0.396 e. The average Bonchev–Trinajstić information content (AvgIpc) is 4.18. The number of hydrogen-bond donors (Lipinski definition) is 1. The van der Waals surface area contributed by atoms with Crippen molar-refractivity contribution in [2.45, 2.75) is 141 Å². The van der Waals surface area contributed by atoms with Crippen LogP contribution in [-0.2, 0) is 40.3 Å².